The number of carbonyl (C=O) groups excluding carboxylic acids is 1. The zero-order valence-electron chi connectivity index (χ0n) is 20.8. The molecule has 1 fully saturated rings. The van der Waals surface area contributed by atoms with E-state index in [2.05, 4.69) is 32.1 Å². The molecule has 0 radical (unpaired) electrons. The lowest BCUT2D eigenvalue weighted by atomic mass is 9.97. The largest absolute Gasteiger partial charge is 0.479 e. The normalized spacial score (nSPS) is 13.3. The molecule has 1 aliphatic heterocycles. The van der Waals surface area contributed by atoms with Crippen molar-refractivity contribution in [1.82, 2.24) is 15.0 Å². The van der Waals surface area contributed by atoms with Crippen molar-refractivity contribution in [1.29, 1.82) is 0 Å². The molecule has 0 spiro atoms. The molecule has 4 aromatic rings. The first-order valence-electron chi connectivity index (χ1n) is 12.0. The van der Waals surface area contributed by atoms with Gasteiger partial charge in [0, 0.05) is 35.9 Å². The van der Waals surface area contributed by atoms with Gasteiger partial charge in [0.1, 0.15) is 11.5 Å². The van der Waals surface area contributed by atoms with Gasteiger partial charge in [0.2, 0.25) is 17.7 Å². The Morgan fingerprint density at radius 2 is 1.97 bits per heavy atom. The summed E-state index contributed by atoms with van der Waals surface area (Å²) in [6, 6.07) is 15.6. The Hall–Kier alpha value is -4.50. The highest BCUT2D eigenvalue weighted by molar-refractivity contribution is 6.00. The predicted molar refractivity (Wildman–Crippen MR) is 146 cm³/mol. The van der Waals surface area contributed by atoms with E-state index in [1.54, 1.807) is 13.3 Å². The molecule has 3 heterocycles. The predicted octanol–water partition coefficient (Wildman–Crippen LogP) is 4.71. The number of ether oxygens (including phenoxy) is 2. The topological polar surface area (TPSA) is 102 Å². The molecule has 1 aliphatic rings. The monoisotopic (exact) mass is 496 g/mol. The van der Waals surface area contributed by atoms with E-state index in [0.717, 1.165) is 46.5 Å². The number of amides is 1. The SMILES string of the molecule is C=CC(=O)Nc1cccc(-c2c(C)ccc3cnc(Nc4ccc(N5CCOCC5)nc4OC)nc23)c1. The Bertz CT molecular complexity index is 1470. The lowest BCUT2D eigenvalue weighted by Crippen LogP contribution is -2.36. The molecule has 0 aliphatic carbocycles. The highest BCUT2D eigenvalue weighted by Crippen LogP contribution is 2.34. The minimum atomic E-state index is -0.261. The summed E-state index contributed by atoms with van der Waals surface area (Å²) < 4.78 is 11.0. The molecule has 0 unspecified atom stereocenters. The number of benzene rings is 2. The van der Waals surface area contributed by atoms with Crippen molar-refractivity contribution in [3.05, 3.63) is 72.9 Å². The fraction of sp³-hybridized carbons (Fsp3) is 0.214. The fourth-order valence-electron chi connectivity index (χ4n) is 4.34. The van der Waals surface area contributed by atoms with Crippen LogP contribution in [0, 0.1) is 6.92 Å². The van der Waals surface area contributed by atoms with Gasteiger partial charge in [0.15, 0.2) is 0 Å². The first-order valence-corrected chi connectivity index (χ1v) is 12.0. The van der Waals surface area contributed by atoms with E-state index in [0.29, 0.717) is 36.4 Å². The Labute approximate surface area is 215 Å². The third-order valence-electron chi connectivity index (χ3n) is 6.19. The minimum Gasteiger partial charge on any atom is -0.479 e. The van der Waals surface area contributed by atoms with Crippen LogP contribution in [-0.4, -0.2) is 54.3 Å². The average Bonchev–Trinajstić information content (AvgIpc) is 2.93. The lowest BCUT2D eigenvalue weighted by molar-refractivity contribution is -0.111. The van der Waals surface area contributed by atoms with Gasteiger partial charge in [-0.25, -0.2) is 9.97 Å². The quantitative estimate of drug-likeness (QED) is 0.355. The van der Waals surface area contributed by atoms with Crippen LogP contribution < -0.4 is 20.3 Å². The van der Waals surface area contributed by atoms with Crippen molar-refractivity contribution >= 4 is 40.0 Å². The van der Waals surface area contributed by atoms with Gasteiger partial charge >= 0.3 is 0 Å². The van der Waals surface area contributed by atoms with Crippen LogP contribution in [0.25, 0.3) is 22.0 Å². The van der Waals surface area contributed by atoms with E-state index in [1.807, 2.05) is 55.5 Å². The average molecular weight is 497 g/mol. The molecular weight excluding hydrogens is 468 g/mol. The van der Waals surface area contributed by atoms with Gasteiger partial charge < -0.3 is 25.0 Å². The summed E-state index contributed by atoms with van der Waals surface area (Å²) >= 11 is 0. The van der Waals surface area contributed by atoms with Crippen molar-refractivity contribution < 1.29 is 14.3 Å². The zero-order chi connectivity index (χ0) is 25.8. The third kappa shape index (κ3) is 5.22. The molecule has 9 nitrogen and oxygen atoms in total. The molecule has 9 heteroatoms. The van der Waals surface area contributed by atoms with Crippen LogP contribution in [-0.2, 0) is 9.53 Å². The second-order valence-electron chi connectivity index (χ2n) is 8.61. The molecule has 0 saturated carbocycles. The van der Waals surface area contributed by atoms with E-state index in [9.17, 15) is 4.79 Å². The van der Waals surface area contributed by atoms with Crippen LogP contribution in [0.1, 0.15) is 5.56 Å². The number of rotatable bonds is 7. The number of morpholine rings is 1. The number of anilines is 4. The molecule has 0 atom stereocenters. The van der Waals surface area contributed by atoms with Gasteiger partial charge in [-0.3, -0.25) is 4.79 Å². The molecule has 188 valence electrons. The van der Waals surface area contributed by atoms with E-state index in [-0.39, 0.29) is 5.91 Å². The van der Waals surface area contributed by atoms with Crippen molar-refractivity contribution in [3.8, 4) is 17.0 Å². The number of nitrogens with zero attached hydrogens (tertiary/aromatic N) is 4. The molecule has 5 rings (SSSR count). The van der Waals surface area contributed by atoms with Gasteiger partial charge in [-0.05, 0) is 48.4 Å². The number of nitrogens with one attached hydrogen (secondary N) is 2. The fourth-order valence-corrected chi connectivity index (χ4v) is 4.34. The van der Waals surface area contributed by atoms with Crippen LogP contribution in [0.4, 0.5) is 23.1 Å². The number of methoxy groups -OCH3 is 1. The number of hydrogen-bond donors (Lipinski definition) is 2. The van der Waals surface area contributed by atoms with E-state index < -0.39 is 0 Å². The van der Waals surface area contributed by atoms with E-state index >= 15 is 0 Å². The van der Waals surface area contributed by atoms with E-state index in [1.165, 1.54) is 6.08 Å². The number of aryl methyl sites for hydroxylation is 1. The van der Waals surface area contributed by atoms with Gasteiger partial charge in [0.25, 0.3) is 0 Å². The highest BCUT2D eigenvalue weighted by atomic mass is 16.5. The van der Waals surface area contributed by atoms with Crippen LogP contribution in [0.5, 0.6) is 5.88 Å². The smallest absolute Gasteiger partial charge is 0.247 e. The Balaban J connectivity index is 1.49. The number of hydrogen-bond acceptors (Lipinski definition) is 8. The van der Waals surface area contributed by atoms with E-state index in [4.69, 9.17) is 14.5 Å². The Morgan fingerprint density at radius 3 is 2.76 bits per heavy atom. The van der Waals surface area contributed by atoms with Gasteiger partial charge in [-0.1, -0.05) is 30.8 Å². The maximum absolute atomic E-state index is 11.8. The molecule has 37 heavy (non-hydrogen) atoms. The minimum absolute atomic E-state index is 0.261. The van der Waals surface area contributed by atoms with Crippen molar-refractivity contribution in [2.45, 2.75) is 6.92 Å². The number of pyridine rings is 1. The summed E-state index contributed by atoms with van der Waals surface area (Å²) in [5.74, 6) is 1.46. The number of carbonyl (C=O) groups is 1. The van der Waals surface area contributed by atoms with Crippen LogP contribution in [0.2, 0.25) is 0 Å². The second kappa shape index (κ2) is 10.6. The van der Waals surface area contributed by atoms with Gasteiger partial charge in [-0.15, -0.1) is 0 Å². The Morgan fingerprint density at radius 1 is 1.14 bits per heavy atom. The molecule has 0 bridgehead atoms. The molecule has 2 N–H and O–H groups in total. The standard InChI is InChI=1S/C28H28N6O3/c1-4-24(35)30-21-7-5-6-19(16-21)25-18(2)8-9-20-17-29-28(33-26(20)25)31-22-10-11-23(32-27(22)36-3)34-12-14-37-15-13-34/h4-11,16-17H,1,12-15H2,2-3H3,(H,30,35)(H,29,31,33). The summed E-state index contributed by atoms with van der Waals surface area (Å²) in [5, 5.41) is 6.99. The third-order valence-corrected chi connectivity index (χ3v) is 6.19. The molecule has 2 aromatic carbocycles. The number of aromatic nitrogens is 3. The first kappa shape index (κ1) is 24.2. The molecular formula is C28H28N6O3. The van der Waals surface area contributed by atoms with Crippen molar-refractivity contribution in [2.24, 2.45) is 0 Å². The van der Waals surface area contributed by atoms with Gasteiger partial charge in [-0.2, -0.15) is 4.98 Å². The summed E-state index contributed by atoms with van der Waals surface area (Å²) in [4.78, 5) is 28.0. The van der Waals surface area contributed by atoms with Crippen LogP contribution >= 0.6 is 0 Å². The van der Waals surface area contributed by atoms with Gasteiger partial charge in [0.05, 0.1) is 25.8 Å². The summed E-state index contributed by atoms with van der Waals surface area (Å²) in [5.41, 5.74) is 5.10. The van der Waals surface area contributed by atoms with Crippen LogP contribution in [0.3, 0.4) is 0 Å². The van der Waals surface area contributed by atoms with Crippen molar-refractivity contribution in [3.63, 3.8) is 0 Å². The number of fused-ring (bicyclic) bond motifs is 1. The zero-order valence-corrected chi connectivity index (χ0v) is 20.8. The lowest BCUT2D eigenvalue weighted by Gasteiger charge is -2.28. The Kier molecular flexibility index (Phi) is 6.96. The summed E-state index contributed by atoms with van der Waals surface area (Å²) in [6.45, 7) is 8.50. The molecule has 2 aromatic heterocycles. The second-order valence-corrected chi connectivity index (χ2v) is 8.61. The van der Waals surface area contributed by atoms with Crippen molar-refractivity contribution in [2.75, 3.05) is 48.9 Å². The summed E-state index contributed by atoms with van der Waals surface area (Å²) in [7, 11) is 1.59. The highest BCUT2D eigenvalue weighted by Gasteiger charge is 2.17. The molecule has 1 saturated heterocycles. The molecule has 1 amide bonds. The first-order chi connectivity index (χ1) is 18.1. The summed E-state index contributed by atoms with van der Waals surface area (Å²) in [6.07, 6.45) is 3.04. The maximum Gasteiger partial charge on any atom is 0.247 e. The maximum atomic E-state index is 11.8. The van der Waals surface area contributed by atoms with Crippen LogP contribution in [0.15, 0.2) is 67.4 Å².